The summed E-state index contributed by atoms with van der Waals surface area (Å²) in [6, 6.07) is 7.98. The number of alkyl halides is 2. The first-order valence-electron chi connectivity index (χ1n) is 15.1. The zero-order valence-corrected chi connectivity index (χ0v) is 28.4. The summed E-state index contributed by atoms with van der Waals surface area (Å²) in [6.07, 6.45) is 5.59. The minimum absolute atomic E-state index is 0.00616. The average Bonchev–Trinajstić information content (AvgIpc) is 3.95. The molecule has 49 heavy (non-hydrogen) atoms. The highest BCUT2D eigenvalue weighted by atomic mass is 35.5. The summed E-state index contributed by atoms with van der Waals surface area (Å²) < 4.78 is 79.6. The van der Waals surface area contributed by atoms with Crippen LogP contribution in [0.25, 0.3) is 0 Å². The topological polar surface area (TPSA) is 153 Å². The number of nitrogens with one attached hydrogen (secondary N) is 1. The molecule has 1 atom stereocenters. The number of hydrogen-bond donors (Lipinski definition) is 1. The number of sulfonamides is 1. The predicted octanol–water partition coefficient (Wildman–Crippen LogP) is 5.86. The van der Waals surface area contributed by atoms with E-state index in [1.165, 1.54) is 36.4 Å². The number of carbonyl (C=O) groups excluding carboxylic acids is 2. The van der Waals surface area contributed by atoms with Gasteiger partial charge in [0.2, 0.25) is 10.0 Å². The van der Waals surface area contributed by atoms with Gasteiger partial charge in [0.15, 0.2) is 30.5 Å². The van der Waals surface area contributed by atoms with Crippen LogP contribution >= 0.6 is 23.2 Å². The molecule has 12 nitrogen and oxygen atoms in total. The van der Waals surface area contributed by atoms with Gasteiger partial charge >= 0.3 is 18.6 Å². The van der Waals surface area contributed by atoms with Crippen molar-refractivity contribution in [1.82, 2.24) is 0 Å². The Labute approximate surface area is 290 Å². The summed E-state index contributed by atoms with van der Waals surface area (Å²) in [5.74, 6) is -1.42. The molecule has 2 aliphatic rings. The average molecular weight is 746 g/mol. The van der Waals surface area contributed by atoms with Gasteiger partial charge in [-0.25, -0.2) is 18.0 Å². The molecule has 0 saturated heterocycles. The number of pyridine rings is 1. The minimum atomic E-state index is -3.65. The number of benzene rings is 2. The van der Waals surface area contributed by atoms with Gasteiger partial charge in [-0.05, 0) is 73.4 Å². The highest BCUT2D eigenvalue weighted by Gasteiger charge is 2.27. The van der Waals surface area contributed by atoms with Crippen molar-refractivity contribution in [3.63, 3.8) is 0 Å². The van der Waals surface area contributed by atoms with Gasteiger partial charge in [-0.2, -0.15) is 13.5 Å². The van der Waals surface area contributed by atoms with E-state index in [2.05, 4.69) is 9.46 Å². The van der Waals surface area contributed by atoms with Gasteiger partial charge < -0.3 is 28.9 Å². The maximum atomic E-state index is 13.1. The number of aromatic nitrogens is 1. The monoisotopic (exact) mass is 744 g/mol. The van der Waals surface area contributed by atoms with E-state index in [-0.39, 0.29) is 68.6 Å². The quantitative estimate of drug-likeness (QED) is 0.101. The minimum Gasteiger partial charge on any atom is -0.619 e. The van der Waals surface area contributed by atoms with Crippen LogP contribution in [0.2, 0.25) is 10.0 Å². The van der Waals surface area contributed by atoms with E-state index in [1.807, 2.05) is 0 Å². The van der Waals surface area contributed by atoms with E-state index in [0.29, 0.717) is 17.3 Å². The van der Waals surface area contributed by atoms with E-state index in [9.17, 15) is 32.0 Å². The Morgan fingerprint density at radius 1 is 0.959 bits per heavy atom. The van der Waals surface area contributed by atoms with Crippen molar-refractivity contribution in [2.45, 2.75) is 44.8 Å². The number of ether oxygens (including phenoxy) is 5. The maximum absolute atomic E-state index is 13.1. The summed E-state index contributed by atoms with van der Waals surface area (Å²) in [5, 5.41) is 11.8. The van der Waals surface area contributed by atoms with Crippen molar-refractivity contribution in [1.29, 1.82) is 0 Å². The second-order valence-electron chi connectivity index (χ2n) is 11.7. The molecule has 17 heteroatoms. The van der Waals surface area contributed by atoms with Gasteiger partial charge in [-0.1, -0.05) is 29.3 Å². The third-order valence-corrected chi connectivity index (χ3v) is 8.70. The Morgan fingerprint density at radius 3 is 2.18 bits per heavy atom. The number of nitrogens with zero attached hydrogens (tertiary/aromatic N) is 1. The standard InChI is InChI=1S/C32H32Cl2F2N2O10S/c1-49(42,43)37-25-8-6-21(11-28(25)44-15-18-2-3-18)31(40)46-17-30(39)47-27(12-22-23(33)13-38(41)14-24(22)34)20-7-9-26(48-32(35)36)29(10-20)45-16-19-4-5-19/h6-11,13-14,18-19,27,32,37H,2-5,12,15-17H2,1H3. The molecule has 264 valence electrons. The number of esters is 2. The summed E-state index contributed by atoms with van der Waals surface area (Å²) in [7, 11) is -3.65. The second-order valence-corrected chi connectivity index (χ2v) is 14.3. The Bertz CT molecular complexity index is 1780. The van der Waals surface area contributed by atoms with E-state index in [0.717, 1.165) is 44.3 Å². The van der Waals surface area contributed by atoms with Crippen molar-refractivity contribution in [2.75, 3.05) is 30.8 Å². The third kappa shape index (κ3) is 11.0. The van der Waals surface area contributed by atoms with Crippen LogP contribution in [0, 0.1) is 17.0 Å². The van der Waals surface area contributed by atoms with Crippen LogP contribution in [0.4, 0.5) is 14.5 Å². The molecule has 1 aromatic heterocycles. The van der Waals surface area contributed by atoms with Crippen LogP contribution in [-0.2, 0) is 30.7 Å². The van der Waals surface area contributed by atoms with E-state index in [1.54, 1.807) is 0 Å². The maximum Gasteiger partial charge on any atom is 0.387 e. The second kappa shape index (κ2) is 15.6. The summed E-state index contributed by atoms with van der Waals surface area (Å²) >= 11 is 12.6. The Balaban J connectivity index is 1.33. The Morgan fingerprint density at radius 2 is 1.59 bits per heavy atom. The lowest BCUT2D eigenvalue weighted by molar-refractivity contribution is -0.605. The predicted molar refractivity (Wildman–Crippen MR) is 173 cm³/mol. The van der Waals surface area contributed by atoms with E-state index >= 15 is 0 Å². The number of carbonyl (C=O) groups is 2. The first-order chi connectivity index (χ1) is 23.2. The summed E-state index contributed by atoms with van der Waals surface area (Å²) in [6.45, 7) is -3.36. The molecule has 1 unspecified atom stereocenters. The largest absolute Gasteiger partial charge is 0.619 e. The number of halogens is 4. The molecule has 2 aliphatic carbocycles. The van der Waals surface area contributed by atoms with Gasteiger partial charge in [-0.3, -0.25) is 4.72 Å². The molecule has 0 spiro atoms. The van der Waals surface area contributed by atoms with Crippen molar-refractivity contribution in [2.24, 2.45) is 11.8 Å². The van der Waals surface area contributed by atoms with Crippen LogP contribution < -0.4 is 23.7 Å². The molecule has 2 aromatic carbocycles. The smallest absolute Gasteiger partial charge is 0.387 e. The van der Waals surface area contributed by atoms with Crippen molar-refractivity contribution < 1.29 is 55.2 Å². The molecule has 3 aromatic rings. The highest BCUT2D eigenvalue weighted by molar-refractivity contribution is 7.92. The van der Waals surface area contributed by atoms with E-state index < -0.39 is 41.3 Å². The van der Waals surface area contributed by atoms with Crippen LogP contribution in [0.15, 0.2) is 48.8 Å². The fourth-order valence-electron chi connectivity index (χ4n) is 4.61. The first-order valence-corrected chi connectivity index (χ1v) is 17.8. The zero-order chi connectivity index (χ0) is 35.3. The molecule has 0 radical (unpaired) electrons. The third-order valence-electron chi connectivity index (χ3n) is 7.45. The van der Waals surface area contributed by atoms with Crippen LogP contribution in [0.3, 0.4) is 0 Å². The fourth-order valence-corrected chi connectivity index (χ4v) is 5.77. The summed E-state index contributed by atoms with van der Waals surface area (Å²) in [5.41, 5.74) is 0.646. The molecule has 0 bridgehead atoms. The Hall–Kier alpha value is -4.08. The lowest BCUT2D eigenvalue weighted by Crippen LogP contribution is -2.26. The van der Waals surface area contributed by atoms with E-state index in [4.69, 9.17) is 42.1 Å². The molecule has 2 fully saturated rings. The van der Waals surface area contributed by atoms with Crippen LogP contribution in [0.1, 0.15) is 53.3 Å². The number of hydrogen-bond acceptors (Lipinski definition) is 10. The van der Waals surface area contributed by atoms with Gasteiger partial charge in [-0.15, -0.1) is 0 Å². The van der Waals surface area contributed by atoms with Crippen molar-refractivity contribution in [3.05, 3.63) is 80.7 Å². The van der Waals surface area contributed by atoms with Gasteiger partial charge in [0.25, 0.3) is 0 Å². The molecule has 2 saturated carbocycles. The molecule has 5 rings (SSSR count). The number of anilines is 1. The lowest BCUT2D eigenvalue weighted by Gasteiger charge is -2.21. The fraction of sp³-hybridized carbons (Fsp3) is 0.406. The Kier molecular flexibility index (Phi) is 11.6. The van der Waals surface area contributed by atoms with Crippen LogP contribution in [0.5, 0.6) is 17.2 Å². The number of rotatable bonds is 17. The molecule has 1 N–H and O–H groups in total. The molecular formula is C32H32Cl2F2N2O10S. The van der Waals surface area contributed by atoms with Crippen molar-refractivity contribution >= 4 is 50.9 Å². The molecule has 1 heterocycles. The van der Waals surface area contributed by atoms with Gasteiger partial charge in [0.05, 0.1) is 30.7 Å². The molecule has 0 aliphatic heterocycles. The first kappa shape index (κ1) is 36.2. The zero-order valence-electron chi connectivity index (χ0n) is 26.0. The SMILES string of the molecule is CS(=O)(=O)Nc1ccc(C(=O)OCC(=O)OC(Cc2c(Cl)c[n+]([O-])cc2Cl)c2ccc(OC(F)F)c(OCC3CC3)c2)cc1OCC1CC1. The normalized spacial score (nSPS) is 15.0. The summed E-state index contributed by atoms with van der Waals surface area (Å²) in [4.78, 5) is 26.0. The van der Waals surface area contributed by atoms with Crippen molar-refractivity contribution in [3.8, 4) is 17.2 Å². The lowest BCUT2D eigenvalue weighted by atomic mass is 10.0. The highest BCUT2D eigenvalue weighted by Crippen LogP contribution is 2.38. The molecule has 0 amide bonds. The van der Waals surface area contributed by atoms with Gasteiger partial charge in [0, 0.05) is 12.0 Å². The van der Waals surface area contributed by atoms with Crippen LogP contribution in [-0.4, -0.2) is 53.0 Å². The molecular weight excluding hydrogens is 713 g/mol. The van der Waals surface area contributed by atoms with Gasteiger partial charge in [0.1, 0.15) is 21.9 Å².